The zero-order valence-electron chi connectivity index (χ0n) is 21.3. The van der Waals surface area contributed by atoms with E-state index in [0.29, 0.717) is 19.3 Å². The van der Waals surface area contributed by atoms with Crippen molar-refractivity contribution >= 4 is 23.6 Å². The van der Waals surface area contributed by atoms with Crippen molar-refractivity contribution in [2.45, 2.75) is 89.8 Å². The quantitative estimate of drug-likeness (QED) is 0.450. The number of aliphatic hydroxyl groups excluding tert-OH is 1. The van der Waals surface area contributed by atoms with Gasteiger partial charge >= 0.3 is 11.9 Å². The van der Waals surface area contributed by atoms with Crippen LogP contribution in [-0.4, -0.2) is 64.5 Å². The van der Waals surface area contributed by atoms with Gasteiger partial charge in [0, 0.05) is 32.4 Å². The van der Waals surface area contributed by atoms with Gasteiger partial charge in [0.15, 0.2) is 5.78 Å². The van der Waals surface area contributed by atoms with Crippen molar-refractivity contribution in [1.82, 2.24) is 4.90 Å². The van der Waals surface area contributed by atoms with Crippen molar-refractivity contribution in [3.63, 3.8) is 0 Å². The SMILES string of the molecule is CN(C)C(=O)CCC(=O)OC(=O)C[C@@]1(O)CC[C@H]2[C@@H]3CCC4=CC(=O)CC[C@]4(C)[C@H]3[C@@H](O)C[C@@]21C. The average molecular weight is 490 g/mol. The van der Waals surface area contributed by atoms with Crippen molar-refractivity contribution < 1.29 is 34.1 Å². The number of hydrogen-bond donors (Lipinski definition) is 2. The summed E-state index contributed by atoms with van der Waals surface area (Å²) in [6.45, 7) is 4.15. The summed E-state index contributed by atoms with van der Waals surface area (Å²) in [5.41, 5.74) is -1.12. The molecule has 1 amide bonds. The molecular weight excluding hydrogens is 450 g/mol. The molecule has 4 aliphatic rings. The molecule has 0 spiro atoms. The Labute approximate surface area is 207 Å². The van der Waals surface area contributed by atoms with Crippen LogP contribution in [0, 0.1) is 28.6 Å². The zero-order valence-corrected chi connectivity index (χ0v) is 21.3. The largest absolute Gasteiger partial charge is 0.393 e. The summed E-state index contributed by atoms with van der Waals surface area (Å²) in [6, 6.07) is 0. The van der Waals surface area contributed by atoms with Gasteiger partial charge in [-0.25, -0.2) is 0 Å². The summed E-state index contributed by atoms with van der Waals surface area (Å²) >= 11 is 0. The number of ketones is 1. The fourth-order valence-corrected chi connectivity index (χ4v) is 7.96. The second-order valence-corrected chi connectivity index (χ2v) is 12.0. The summed E-state index contributed by atoms with van der Waals surface area (Å²) in [4.78, 5) is 49.8. The predicted molar refractivity (Wildman–Crippen MR) is 127 cm³/mol. The Balaban J connectivity index is 1.47. The van der Waals surface area contributed by atoms with Crippen LogP contribution in [0.3, 0.4) is 0 Å². The second-order valence-electron chi connectivity index (χ2n) is 12.0. The topological polar surface area (TPSA) is 121 Å². The molecule has 4 rings (SSSR count). The first kappa shape index (κ1) is 26.0. The Hall–Kier alpha value is -2.06. The Morgan fingerprint density at radius 3 is 2.49 bits per heavy atom. The van der Waals surface area contributed by atoms with Gasteiger partial charge in [-0.2, -0.15) is 0 Å². The first-order valence-corrected chi connectivity index (χ1v) is 12.9. The molecule has 8 nitrogen and oxygen atoms in total. The lowest BCUT2D eigenvalue weighted by molar-refractivity contribution is -0.184. The van der Waals surface area contributed by atoms with Gasteiger partial charge in [0.25, 0.3) is 0 Å². The van der Waals surface area contributed by atoms with E-state index in [0.717, 1.165) is 31.3 Å². The molecular formula is C27H39NO7. The molecule has 4 aliphatic carbocycles. The van der Waals surface area contributed by atoms with Crippen LogP contribution >= 0.6 is 0 Å². The molecule has 35 heavy (non-hydrogen) atoms. The molecule has 0 aromatic carbocycles. The molecule has 0 heterocycles. The minimum atomic E-state index is -1.38. The number of fused-ring (bicyclic) bond motifs is 5. The molecule has 3 fully saturated rings. The number of aliphatic hydroxyl groups is 2. The van der Waals surface area contributed by atoms with E-state index in [1.807, 2.05) is 6.92 Å². The van der Waals surface area contributed by atoms with Crippen molar-refractivity contribution in [2.24, 2.45) is 28.6 Å². The number of hydrogen-bond acceptors (Lipinski definition) is 7. The molecule has 8 heteroatoms. The van der Waals surface area contributed by atoms with Gasteiger partial charge in [0.2, 0.25) is 5.91 Å². The zero-order chi connectivity index (χ0) is 25.8. The van der Waals surface area contributed by atoms with Crippen molar-refractivity contribution in [3.8, 4) is 0 Å². The molecule has 7 atom stereocenters. The predicted octanol–water partition coefficient (Wildman–Crippen LogP) is 2.55. The molecule has 194 valence electrons. The highest BCUT2D eigenvalue weighted by Crippen LogP contribution is 2.68. The highest BCUT2D eigenvalue weighted by atomic mass is 16.6. The number of esters is 2. The minimum absolute atomic E-state index is 0.0267. The second kappa shape index (κ2) is 9.11. The van der Waals surface area contributed by atoms with Crippen LogP contribution in [0.2, 0.25) is 0 Å². The highest BCUT2D eigenvalue weighted by molar-refractivity contribution is 5.91. The highest BCUT2D eigenvalue weighted by Gasteiger charge is 2.66. The maximum atomic E-state index is 12.6. The van der Waals surface area contributed by atoms with Crippen LogP contribution < -0.4 is 0 Å². The lowest BCUT2D eigenvalue weighted by atomic mass is 9.45. The number of allylic oxidation sites excluding steroid dienone is 1. The standard InChI is InChI=1S/C27H39NO7/c1-25-11-9-17(29)13-16(25)5-6-18-19-10-12-27(34,26(19,2)14-20(30)24(18)25)15-23(33)35-22(32)8-7-21(31)28(3)4/h13,18-20,24,30,34H,5-12,14-15H2,1-4H3/t18-,19-,20-,24+,25-,26-,27-/m0/s1. The number of carbonyl (C=O) groups is 4. The van der Waals surface area contributed by atoms with Gasteiger partial charge < -0.3 is 19.8 Å². The summed E-state index contributed by atoms with van der Waals surface area (Å²) in [5.74, 6) is -1.27. The number of rotatable bonds is 5. The smallest absolute Gasteiger partial charge is 0.316 e. The third-order valence-electron chi connectivity index (χ3n) is 9.92. The maximum Gasteiger partial charge on any atom is 0.316 e. The van der Waals surface area contributed by atoms with E-state index >= 15 is 0 Å². The van der Waals surface area contributed by atoms with Crippen LogP contribution in [0.5, 0.6) is 0 Å². The fraction of sp³-hybridized carbons (Fsp3) is 0.778. The van der Waals surface area contributed by atoms with Crippen molar-refractivity contribution in [3.05, 3.63) is 11.6 Å². The molecule has 0 bridgehead atoms. The lowest BCUT2D eigenvalue weighted by Crippen LogP contribution is -2.60. The normalized spacial score (nSPS) is 40.2. The number of carbonyl (C=O) groups excluding carboxylic acids is 4. The van der Waals surface area contributed by atoms with Crippen LogP contribution in [0.25, 0.3) is 0 Å². The first-order valence-electron chi connectivity index (χ1n) is 12.9. The molecule has 0 aromatic rings. The maximum absolute atomic E-state index is 12.6. The first-order chi connectivity index (χ1) is 16.3. The Kier molecular flexibility index (Phi) is 6.77. The van der Waals surface area contributed by atoms with E-state index < -0.39 is 29.1 Å². The number of amides is 1. The molecule has 0 radical (unpaired) electrons. The fourth-order valence-electron chi connectivity index (χ4n) is 7.96. The van der Waals surface area contributed by atoms with Crippen LogP contribution in [0.1, 0.15) is 78.1 Å². The van der Waals surface area contributed by atoms with Gasteiger partial charge in [0.05, 0.1) is 24.5 Å². The molecule has 0 aliphatic heterocycles. The monoisotopic (exact) mass is 489 g/mol. The van der Waals surface area contributed by atoms with Gasteiger partial charge in [0.1, 0.15) is 0 Å². The third kappa shape index (κ3) is 4.37. The summed E-state index contributed by atoms with van der Waals surface area (Å²) in [7, 11) is 3.18. The lowest BCUT2D eigenvalue weighted by Gasteiger charge is -2.60. The number of nitrogens with zero attached hydrogens (tertiary/aromatic N) is 1. The number of ether oxygens (including phenoxy) is 1. The van der Waals surface area contributed by atoms with Gasteiger partial charge in [-0.15, -0.1) is 0 Å². The van der Waals surface area contributed by atoms with Crippen molar-refractivity contribution in [1.29, 1.82) is 0 Å². The summed E-state index contributed by atoms with van der Waals surface area (Å²) in [5, 5.41) is 23.2. The minimum Gasteiger partial charge on any atom is -0.393 e. The summed E-state index contributed by atoms with van der Waals surface area (Å²) < 4.78 is 4.95. The van der Waals surface area contributed by atoms with Crippen LogP contribution in [-0.2, 0) is 23.9 Å². The van der Waals surface area contributed by atoms with E-state index in [2.05, 4.69) is 6.92 Å². The van der Waals surface area contributed by atoms with Gasteiger partial charge in [-0.05, 0) is 67.8 Å². The van der Waals surface area contributed by atoms with E-state index in [-0.39, 0.29) is 54.1 Å². The summed E-state index contributed by atoms with van der Waals surface area (Å²) in [6.07, 6.45) is 5.04. The van der Waals surface area contributed by atoms with E-state index in [4.69, 9.17) is 4.74 Å². The Morgan fingerprint density at radius 2 is 1.80 bits per heavy atom. The van der Waals surface area contributed by atoms with E-state index in [1.54, 1.807) is 20.2 Å². The molecule has 2 N–H and O–H groups in total. The van der Waals surface area contributed by atoms with E-state index in [9.17, 15) is 29.4 Å². The Morgan fingerprint density at radius 1 is 1.09 bits per heavy atom. The van der Waals surface area contributed by atoms with Crippen LogP contribution in [0.15, 0.2) is 11.6 Å². The Bertz CT molecular complexity index is 957. The van der Waals surface area contributed by atoms with Gasteiger partial charge in [-0.1, -0.05) is 19.4 Å². The van der Waals surface area contributed by atoms with Gasteiger partial charge in [-0.3, -0.25) is 19.2 Å². The van der Waals surface area contributed by atoms with E-state index in [1.165, 1.54) is 4.90 Å². The molecule has 0 unspecified atom stereocenters. The molecule has 0 saturated heterocycles. The molecule has 0 aromatic heterocycles. The van der Waals surface area contributed by atoms with Crippen molar-refractivity contribution in [2.75, 3.05) is 14.1 Å². The molecule has 3 saturated carbocycles. The third-order valence-corrected chi connectivity index (χ3v) is 9.92. The average Bonchev–Trinajstić information content (AvgIpc) is 3.01. The van der Waals surface area contributed by atoms with Crippen LogP contribution in [0.4, 0.5) is 0 Å².